The fourth-order valence-corrected chi connectivity index (χ4v) is 3.43. The van der Waals surface area contributed by atoms with E-state index in [0.717, 1.165) is 49.0 Å². The van der Waals surface area contributed by atoms with E-state index in [-0.39, 0.29) is 11.4 Å². The van der Waals surface area contributed by atoms with Gasteiger partial charge in [-0.1, -0.05) is 62.7 Å². The molecule has 1 aliphatic rings. The van der Waals surface area contributed by atoms with E-state index in [0.29, 0.717) is 0 Å². The van der Waals surface area contributed by atoms with E-state index >= 15 is 0 Å². The quantitative estimate of drug-likeness (QED) is 0.808. The highest BCUT2D eigenvalue weighted by Crippen LogP contribution is 2.24. The molecule has 0 spiro atoms. The first kappa shape index (κ1) is 19.7. The predicted molar refractivity (Wildman–Crippen MR) is 112 cm³/mol. The smallest absolute Gasteiger partial charge is 0.321 e. The van der Waals surface area contributed by atoms with Crippen molar-refractivity contribution in [3.05, 3.63) is 64.7 Å². The number of hydrogen-bond donors (Lipinski definition) is 1. The average Bonchev–Trinajstić information content (AvgIpc) is 2.64. The van der Waals surface area contributed by atoms with Gasteiger partial charge >= 0.3 is 6.03 Å². The van der Waals surface area contributed by atoms with Gasteiger partial charge in [-0.3, -0.25) is 4.90 Å². The molecule has 0 aromatic heterocycles. The lowest BCUT2D eigenvalue weighted by Gasteiger charge is -2.34. The van der Waals surface area contributed by atoms with Crippen LogP contribution in [0.25, 0.3) is 0 Å². The molecule has 0 bridgehead atoms. The van der Waals surface area contributed by atoms with Crippen LogP contribution in [0.3, 0.4) is 0 Å². The second-order valence-corrected chi connectivity index (χ2v) is 8.52. The van der Waals surface area contributed by atoms with Crippen molar-refractivity contribution in [1.29, 1.82) is 0 Å². The van der Waals surface area contributed by atoms with E-state index in [1.54, 1.807) is 0 Å². The van der Waals surface area contributed by atoms with Gasteiger partial charge in [0, 0.05) is 43.4 Å². The van der Waals surface area contributed by atoms with E-state index in [2.05, 4.69) is 49.2 Å². The second-order valence-electron chi connectivity index (χ2n) is 8.11. The molecule has 1 saturated heterocycles. The van der Waals surface area contributed by atoms with Gasteiger partial charge in [0.2, 0.25) is 0 Å². The zero-order valence-electron chi connectivity index (χ0n) is 16.3. The number of benzene rings is 2. The van der Waals surface area contributed by atoms with E-state index in [9.17, 15) is 4.79 Å². The van der Waals surface area contributed by atoms with E-state index in [1.807, 2.05) is 35.2 Å². The molecule has 4 nitrogen and oxygen atoms in total. The highest BCUT2D eigenvalue weighted by Gasteiger charge is 2.22. The van der Waals surface area contributed by atoms with E-state index < -0.39 is 0 Å². The zero-order valence-corrected chi connectivity index (χ0v) is 17.1. The summed E-state index contributed by atoms with van der Waals surface area (Å²) >= 11 is 6.25. The summed E-state index contributed by atoms with van der Waals surface area (Å²) in [6.07, 6.45) is 0. The van der Waals surface area contributed by atoms with Crippen molar-refractivity contribution < 1.29 is 4.79 Å². The van der Waals surface area contributed by atoms with Crippen molar-refractivity contribution in [3.63, 3.8) is 0 Å². The Bertz CT molecular complexity index is 775. The third-order valence-corrected chi connectivity index (χ3v) is 5.38. The molecule has 1 fully saturated rings. The Kier molecular flexibility index (Phi) is 6.08. The summed E-state index contributed by atoms with van der Waals surface area (Å²) in [6.45, 7) is 10.5. The van der Waals surface area contributed by atoms with Gasteiger partial charge in [-0.15, -0.1) is 0 Å². The summed E-state index contributed by atoms with van der Waals surface area (Å²) in [7, 11) is 0. The topological polar surface area (TPSA) is 35.6 Å². The third kappa shape index (κ3) is 5.24. The van der Waals surface area contributed by atoms with Gasteiger partial charge in [-0.05, 0) is 34.7 Å². The van der Waals surface area contributed by atoms with Crippen molar-refractivity contribution in [2.75, 3.05) is 31.5 Å². The molecular weight excluding hydrogens is 358 g/mol. The summed E-state index contributed by atoms with van der Waals surface area (Å²) in [5.74, 6) is 0. The Balaban J connectivity index is 1.50. The minimum absolute atomic E-state index is 0.0316. The van der Waals surface area contributed by atoms with Crippen molar-refractivity contribution >= 4 is 23.3 Å². The first-order chi connectivity index (χ1) is 12.8. The minimum atomic E-state index is -0.0316. The van der Waals surface area contributed by atoms with Crippen LogP contribution >= 0.6 is 11.6 Å². The van der Waals surface area contributed by atoms with Crippen LogP contribution in [0, 0.1) is 0 Å². The van der Waals surface area contributed by atoms with E-state index in [4.69, 9.17) is 11.6 Å². The summed E-state index contributed by atoms with van der Waals surface area (Å²) < 4.78 is 0. The number of nitrogens with zero attached hydrogens (tertiary/aromatic N) is 2. The summed E-state index contributed by atoms with van der Waals surface area (Å²) in [5, 5.41) is 3.81. The van der Waals surface area contributed by atoms with Crippen molar-refractivity contribution in [1.82, 2.24) is 9.80 Å². The first-order valence-corrected chi connectivity index (χ1v) is 9.83. The maximum absolute atomic E-state index is 12.5. The number of hydrogen-bond acceptors (Lipinski definition) is 2. The highest BCUT2D eigenvalue weighted by molar-refractivity contribution is 6.31. The molecule has 27 heavy (non-hydrogen) atoms. The Morgan fingerprint density at radius 2 is 1.63 bits per heavy atom. The fourth-order valence-electron chi connectivity index (χ4n) is 3.23. The second kappa shape index (κ2) is 8.32. The molecule has 2 aromatic carbocycles. The lowest BCUT2D eigenvalue weighted by atomic mass is 9.87. The standard InChI is InChI=1S/C22H28ClN3O/c1-22(2,3)18-8-10-19(11-9-18)24-21(27)26-14-12-25(13-15-26)16-17-6-4-5-7-20(17)23/h4-11H,12-16H2,1-3H3,(H,24,27). The molecule has 1 heterocycles. The van der Waals surface area contributed by atoms with Crippen LogP contribution in [-0.2, 0) is 12.0 Å². The average molecular weight is 386 g/mol. The van der Waals surface area contributed by atoms with Crippen LogP contribution in [0.4, 0.5) is 10.5 Å². The van der Waals surface area contributed by atoms with Crippen LogP contribution in [0.2, 0.25) is 5.02 Å². The number of piperazine rings is 1. The SMILES string of the molecule is CC(C)(C)c1ccc(NC(=O)N2CCN(Cc3ccccc3Cl)CC2)cc1. The molecular formula is C22H28ClN3O. The van der Waals surface area contributed by atoms with E-state index in [1.165, 1.54) is 5.56 Å². The first-order valence-electron chi connectivity index (χ1n) is 9.45. The number of urea groups is 1. The number of rotatable bonds is 3. The van der Waals surface area contributed by atoms with Crippen LogP contribution < -0.4 is 5.32 Å². The molecule has 2 amide bonds. The number of nitrogens with one attached hydrogen (secondary N) is 1. The molecule has 2 aromatic rings. The molecule has 0 saturated carbocycles. The number of carbonyl (C=O) groups excluding carboxylic acids is 1. The van der Waals surface area contributed by atoms with Gasteiger partial charge < -0.3 is 10.2 Å². The monoisotopic (exact) mass is 385 g/mol. The molecule has 144 valence electrons. The molecule has 1 N–H and O–H groups in total. The van der Waals surface area contributed by atoms with Gasteiger partial charge in [0.05, 0.1) is 0 Å². The van der Waals surface area contributed by atoms with Gasteiger partial charge in [-0.25, -0.2) is 4.79 Å². The van der Waals surface area contributed by atoms with Crippen molar-refractivity contribution in [3.8, 4) is 0 Å². The van der Waals surface area contributed by atoms with Crippen molar-refractivity contribution in [2.45, 2.75) is 32.7 Å². The Hall–Kier alpha value is -2.04. The summed E-state index contributed by atoms with van der Waals surface area (Å²) in [6, 6.07) is 16.0. The van der Waals surface area contributed by atoms with Crippen molar-refractivity contribution in [2.24, 2.45) is 0 Å². The minimum Gasteiger partial charge on any atom is -0.322 e. The van der Waals surface area contributed by atoms with Crippen LogP contribution in [0.5, 0.6) is 0 Å². The van der Waals surface area contributed by atoms with Gasteiger partial charge in [0.1, 0.15) is 0 Å². The molecule has 0 atom stereocenters. The molecule has 0 radical (unpaired) electrons. The molecule has 0 unspecified atom stereocenters. The molecule has 0 aliphatic carbocycles. The Labute approximate surface area is 167 Å². The molecule has 3 rings (SSSR count). The Morgan fingerprint density at radius 1 is 1.00 bits per heavy atom. The van der Waals surface area contributed by atoms with Gasteiger partial charge in [-0.2, -0.15) is 0 Å². The lowest BCUT2D eigenvalue weighted by Crippen LogP contribution is -2.49. The molecule has 1 aliphatic heterocycles. The van der Waals surface area contributed by atoms with Crippen LogP contribution in [-0.4, -0.2) is 42.0 Å². The van der Waals surface area contributed by atoms with Gasteiger partial charge in [0.15, 0.2) is 0 Å². The largest absolute Gasteiger partial charge is 0.322 e. The van der Waals surface area contributed by atoms with Crippen LogP contribution in [0.15, 0.2) is 48.5 Å². The summed E-state index contributed by atoms with van der Waals surface area (Å²) in [5.41, 5.74) is 3.34. The normalized spacial score (nSPS) is 15.6. The third-order valence-electron chi connectivity index (χ3n) is 5.01. The Morgan fingerprint density at radius 3 is 2.22 bits per heavy atom. The lowest BCUT2D eigenvalue weighted by molar-refractivity contribution is 0.143. The zero-order chi connectivity index (χ0) is 19.4. The number of amides is 2. The van der Waals surface area contributed by atoms with Gasteiger partial charge in [0.25, 0.3) is 0 Å². The predicted octanol–water partition coefficient (Wildman–Crippen LogP) is 4.99. The van der Waals surface area contributed by atoms with Crippen LogP contribution in [0.1, 0.15) is 31.9 Å². The molecule has 5 heteroatoms. The maximum Gasteiger partial charge on any atom is 0.321 e. The number of carbonyl (C=O) groups is 1. The number of anilines is 1. The maximum atomic E-state index is 12.5. The highest BCUT2D eigenvalue weighted by atomic mass is 35.5. The number of halogens is 1. The fraction of sp³-hybridized carbons (Fsp3) is 0.409. The summed E-state index contributed by atoms with van der Waals surface area (Å²) in [4.78, 5) is 16.8.